The Labute approximate surface area is 158 Å². The molecule has 0 saturated heterocycles. The van der Waals surface area contributed by atoms with Crippen LogP contribution in [0.3, 0.4) is 0 Å². The highest BCUT2D eigenvalue weighted by Gasteiger charge is 2.09. The summed E-state index contributed by atoms with van der Waals surface area (Å²) in [5.74, 6) is 0.135. The van der Waals surface area contributed by atoms with Crippen LogP contribution in [0.2, 0.25) is 5.02 Å². The van der Waals surface area contributed by atoms with Crippen molar-refractivity contribution in [2.24, 2.45) is 0 Å². The molecule has 6 heteroatoms. The molecule has 1 N–H and O–H groups in total. The van der Waals surface area contributed by atoms with Gasteiger partial charge in [-0.2, -0.15) is 0 Å². The number of hydrogen-bond acceptors (Lipinski definition) is 3. The van der Waals surface area contributed by atoms with Gasteiger partial charge in [0.25, 0.3) is 5.91 Å². The predicted molar refractivity (Wildman–Crippen MR) is 105 cm³/mol. The molecule has 2 amide bonds. The van der Waals surface area contributed by atoms with Gasteiger partial charge in [-0.1, -0.05) is 23.7 Å². The molecule has 26 heavy (non-hydrogen) atoms. The minimum Gasteiger partial charge on any atom is -0.495 e. The molecule has 0 aliphatic carbocycles. The largest absolute Gasteiger partial charge is 0.495 e. The minimum absolute atomic E-state index is 0.0662. The van der Waals surface area contributed by atoms with Crippen LogP contribution in [-0.2, 0) is 4.79 Å². The molecular weight excluding hydrogens is 352 g/mol. The third-order valence-electron chi connectivity index (χ3n) is 3.73. The first kappa shape index (κ1) is 19.5. The Kier molecular flexibility index (Phi) is 6.41. The Morgan fingerprint density at radius 2 is 1.81 bits per heavy atom. The summed E-state index contributed by atoms with van der Waals surface area (Å²) < 4.78 is 5.24. The van der Waals surface area contributed by atoms with E-state index >= 15 is 0 Å². The van der Waals surface area contributed by atoms with Crippen molar-refractivity contribution in [2.45, 2.75) is 6.92 Å². The number of amides is 2. The molecule has 0 unspecified atom stereocenters. The summed E-state index contributed by atoms with van der Waals surface area (Å²) in [6.07, 6.45) is 3.10. The molecule has 0 bridgehead atoms. The van der Waals surface area contributed by atoms with Gasteiger partial charge < -0.3 is 15.0 Å². The molecule has 2 rings (SSSR count). The standard InChI is InChI=1S/C20H21ClN2O3/c1-13-11-17(18(26-4)12-16(13)21)22-19(24)10-7-14-5-8-15(9-6-14)20(25)23(2)3/h5-12H,1-4H3,(H,22,24)/b10-7+. The Balaban J connectivity index is 2.08. The molecule has 0 aromatic heterocycles. The van der Waals surface area contributed by atoms with Crippen LogP contribution in [-0.4, -0.2) is 37.9 Å². The average Bonchev–Trinajstić information content (AvgIpc) is 2.62. The number of nitrogens with zero attached hydrogens (tertiary/aromatic N) is 1. The molecule has 5 nitrogen and oxygen atoms in total. The summed E-state index contributed by atoms with van der Waals surface area (Å²) in [4.78, 5) is 25.5. The second kappa shape index (κ2) is 8.54. The second-order valence-corrected chi connectivity index (χ2v) is 6.35. The smallest absolute Gasteiger partial charge is 0.253 e. The number of methoxy groups -OCH3 is 1. The van der Waals surface area contributed by atoms with Crippen LogP contribution in [0.1, 0.15) is 21.5 Å². The van der Waals surface area contributed by atoms with E-state index in [1.807, 2.05) is 6.92 Å². The molecule has 0 aliphatic heterocycles. The zero-order valence-electron chi connectivity index (χ0n) is 15.2. The lowest BCUT2D eigenvalue weighted by molar-refractivity contribution is -0.111. The lowest BCUT2D eigenvalue weighted by atomic mass is 10.1. The van der Waals surface area contributed by atoms with E-state index in [0.29, 0.717) is 22.0 Å². The Hall–Kier alpha value is -2.79. The van der Waals surface area contributed by atoms with Gasteiger partial charge in [-0.05, 0) is 42.3 Å². The minimum atomic E-state index is -0.293. The molecule has 2 aromatic rings. The first-order valence-electron chi connectivity index (χ1n) is 7.96. The van der Waals surface area contributed by atoms with Crippen molar-refractivity contribution in [1.82, 2.24) is 4.90 Å². The van der Waals surface area contributed by atoms with E-state index in [-0.39, 0.29) is 11.8 Å². The van der Waals surface area contributed by atoms with E-state index < -0.39 is 0 Å². The summed E-state index contributed by atoms with van der Waals surface area (Å²) in [5, 5.41) is 3.35. The second-order valence-electron chi connectivity index (χ2n) is 5.95. The van der Waals surface area contributed by atoms with Gasteiger partial charge in [0.05, 0.1) is 12.8 Å². The van der Waals surface area contributed by atoms with Crippen LogP contribution in [0.4, 0.5) is 5.69 Å². The van der Waals surface area contributed by atoms with Gasteiger partial charge in [0.15, 0.2) is 0 Å². The molecule has 0 radical (unpaired) electrons. The maximum Gasteiger partial charge on any atom is 0.253 e. The molecular formula is C20H21ClN2O3. The molecule has 0 heterocycles. The van der Waals surface area contributed by atoms with Crippen LogP contribution in [0.15, 0.2) is 42.5 Å². The number of nitrogens with one attached hydrogen (secondary N) is 1. The molecule has 0 saturated carbocycles. The summed E-state index contributed by atoms with van der Waals surface area (Å²) in [6.45, 7) is 1.85. The fraction of sp³-hybridized carbons (Fsp3) is 0.200. The Bertz CT molecular complexity index is 843. The van der Waals surface area contributed by atoms with Gasteiger partial charge in [-0.3, -0.25) is 9.59 Å². The Morgan fingerprint density at radius 3 is 2.38 bits per heavy atom. The highest BCUT2D eigenvalue weighted by Crippen LogP contribution is 2.30. The third-order valence-corrected chi connectivity index (χ3v) is 4.14. The third kappa shape index (κ3) is 4.86. The van der Waals surface area contributed by atoms with Crippen LogP contribution < -0.4 is 10.1 Å². The van der Waals surface area contributed by atoms with Crippen molar-refractivity contribution < 1.29 is 14.3 Å². The number of ether oxygens (including phenoxy) is 1. The predicted octanol–water partition coefficient (Wildman–Crippen LogP) is 4.01. The van der Waals surface area contributed by atoms with Crippen molar-refractivity contribution in [3.63, 3.8) is 0 Å². The summed E-state index contributed by atoms with van der Waals surface area (Å²) in [6, 6.07) is 10.4. The van der Waals surface area contributed by atoms with Crippen molar-refractivity contribution >= 4 is 35.2 Å². The number of benzene rings is 2. The lowest BCUT2D eigenvalue weighted by Crippen LogP contribution is -2.21. The SMILES string of the molecule is COc1cc(Cl)c(C)cc1NC(=O)/C=C/c1ccc(C(=O)N(C)C)cc1. The molecule has 0 fully saturated rings. The topological polar surface area (TPSA) is 58.6 Å². The maximum atomic E-state index is 12.2. The van der Waals surface area contributed by atoms with Crippen LogP contribution in [0.5, 0.6) is 5.75 Å². The quantitative estimate of drug-likeness (QED) is 0.807. The van der Waals surface area contributed by atoms with Gasteiger partial charge in [0.1, 0.15) is 5.75 Å². The first-order chi connectivity index (χ1) is 12.3. The average molecular weight is 373 g/mol. The van der Waals surface area contributed by atoms with Gasteiger partial charge in [0.2, 0.25) is 5.91 Å². The fourth-order valence-electron chi connectivity index (χ4n) is 2.27. The van der Waals surface area contributed by atoms with E-state index in [2.05, 4.69) is 5.32 Å². The summed E-state index contributed by atoms with van der Waals surface area (Å²) >= 11 is 6.06. The van der Waals surface area contributed by atoms with Crippen LogP contribution >= 0.6 is 11.6 Å². The van der Waals surface area contributed by atoms with E-state index in [0.717, 1.165) is 11.1 Å². The van der Waals surface area contributed by atoms with E-state index in [1.165, 1.54) is 18.1 Å². The summed E-state index contributed by atoms with van der Waals surface area (Å²) in [7, 11) is 4.92. The number of anilines is 1. The van der Waals surface area contributed by atoms with Gasteiger partial charge in [-0.15, -0.1) is 0 Å². The molecule has 136 valence electrons. The van der Waals surface area contributed by atoms with Crippen molar-refractivity contribution in [2.75, 3.05) is 26.5 Å². The van der Waals surface area contributed by atoms with E-state index in [9.17, 15) is 9.59 Å². The van der Waals surface area contributed by atoms with Crippen molar-refractivity contribution in [1.29, 1.82) is 0 Å². The van der Waals surface area contributed by atoms with E-state index in [1.54, 1.807) is 56.6 Å². The highest BCUT2D eigenvalue weighted by molar-refractivity contribution is 6.31. The fourth-order valence-corrected chi connectivity index (χ4v) is 2.42. The van der Waals surface area contributed by atoms with Crippen molar-refractivity contribution in [3.8, 4) is 5.75 Å². The van der Waals surface area contributed by atoms with Gasteiger partial charge >= 0.3 is 0 Å². The molecule has 2 aromatic carbocycles. The van der Waals surface area contributed by atoms with Crippen molar-refractivity contribution in [3.05, 3.63) is 64.2 Å². The molecule has 0 aliphatic rings. The zero-order chi connectivity index (χ0) is 19.3. The number of halogens is 1. The first-order valence-corrected chi connectivity index (χ1v) is 8.34. The number of rotatable bonds is 5. The number of hydrogen-bond donors (Lipinski definition) is 1. The molecule has 0 spiro atoms. The number of carbonyl (C=O) groups excluding carboxylic acids is 2. The Morgan fingerprint density at radius 1 is 1.15 bits per heavy atom. The van der Waals surface area contributed by atoms with Gasteiger partial charge in [0, 0.05) is 36.8 Å². The zero-order valence-corrected chi connectivity index (χ0v) is 15.9. The molecule has 0 atom stereocenters. The highest BCUT2D eigenvalue weighted by atomic mass is 35.5. The maximum absolute atomic E-state index is 12.2. The van der Waals surface area contributed by atoms with Crippen LogP contribution in [0, 0.1) is 6.92 Å². The monoisotopic (exact) mass is 372 g/mol. The van der Waals surface area contributed by atoms with Crippen LogP contribution in [0.25, 0.3) is 6.08 Å². The van der Waals surface area contributed by atoms with E-state index in [4.69, 9.17) is 16.3 Å². The number of aryl methyl sites for hydroxylation is 1. The number of carbonyl (C=O) groups is 2. The van der Waals surface area contributed by atoms with Gasteiger partial charge in [-0.25, -0.2) is 0 Å². The summed E-state index contributed by atoms with van der Waals surface area (Å²) in [5.41, 5.74) is 2.80. The lowest BCUT2D eigenvalue weighted by Gasteiger charge is -2.11. The normalized spacial score (nSPS) is 10.7.